The van der Waals surface area contributed by atoms with E-state index in [1.54, 1.807) is 18.0 Å². The topological polar surface area (TPSA) is 37.2 Å². The summed E-state index contributed by atoms with van der Waals surface area (Å²) in [4.78, 5) is 0. The molecule has 2 aromatic rings. The Morgan fingerprint density at radius 1 is 1.38 bits per heavy atom. The normalized spacial score (nSPS) is 10.4. The van der Waals surface area contributed by atoms with Gasteiger partial charge in [-0.15, -0.1) is 0 Å². The highest BCUT2D eigenvalue weighted by molar-refractivity contribution is 7.98. The number of nitrogens with one attached hydrogen (secondary N) is 2. The summed E-state index contributed by atoms with van der Waals surface area (Å²) in [5.41, 5.74) is 2.04. The van der Waals surface area contributed by atoms with Gasteiger partial charge in [-0.05, 0) is 55.0 Å². The van der Waals surface area contributed by atoms with Crippen LogP contribution in [0.4, 0.5) is 5.69 Å². The van der Waals surface area contributed by atoms with E-state index in [1.165, 1.54) is 0 Å². The molecule has 1 aromatic heterocycles. The first-order valence-electron chi connectivity index (χ1n) is 6.56. The molecular formula is C15H17ClN2OS2. The summed E-state index contributed by atoms with van der Waals surface area (Å²) in [6, 6.07) is 9.57. The van der Waals surface area contributed by atoms with E-state index in [4.69, 9.17) is 28.2 Å². The number of hydrogen-bond acceptors (Lipinski definition) is 3. The van der Waals surface area contributed by atoms with Gasteiger partial charge in [-0.1, -0.05) is 11.6 Å². The van der Waals surface area contributed by atoms with E-state index in [1.807, 2.05) is 37.3 Å². The molecule has 1 aromatic carbocycles. The van der Waals surface area contributed by atoms with Crippen molar-refractivity contribution in [2.75, 3.05) is 17.6 Å². The van der Waals surface area contributed by atoms with Gasteiger partial charge in [0.1, 0.15) is 5.76 Å². The molecule has 0 radical (unpaired) electrons. The van der Waals surface area contributed by atoms with Crippen LogP contribution in [0.15, 0.2) is 41.0 Å². The molecule has 21 heavy (non-hydrogen) atoms. The van der Waals surface area contributed by atoms with Crippen LogP contribution in [0.2, 0.25) is 5.02 Å². The minimum atomic E-state index is 0.624. The fourth-order valence-electron chi connectivity index (χ4n) is 1.74. The van der Waals surface area contributed by atoms with Crippen molar-refractivity contribution in [1.82, 2.24) is 5.32 Å². The first kappa shape index (κ1) is 16.2. The lowest BCUT2D eigenvalue weighted by atomic mass is 10.2. The first-order chi connectivity index (χ1) is 10.1. The van der Waals surface area contributed by atoms with Crippen LogP contribution < -0.4 is 10.6 Å². The van der Waals surface area contributed by atoms with Gasteiger partial charge in [0.25, 0.3) is 0 Å². The lowest BCUT2D eigenvalue weighted by Crippen LogP contribution is -2.30. The van der Waals surface area contributed by atoms with E-state index in [0.29, 0.717) is 5.11 Å². The number of hydrogen-bond donors (Lipinski definition) is 2. The predicted octanol–water partition coefficient (Wildman–Crippen LogP) is 4.46. The molecule has 3 nitrogen and oxygen atoms in total. The molecule has 0 aliphatic rings. The molecule has 0 unspecified atom stereocenters. The van der Waals surface area contributed by atoms with Crippen molar-refractivity contribution in [2.45, 2.75) is 12.7 Å². The Kier molecular flexibility index (Phi) is 6.42. The van der Waals surface area contributed by atoms with Crippen LogP contribution in [-0.2, 0) is 5.75 Å². The summed E-state index contributed by atoms with van der Waals surface area (Å²) < 4.78 is 5.27. The quantitative estimate of drug-likeness (QED) is 0.599. The summed E-state index contributed by atoms with van der Waals surface area (Å²) >= 11 is 13.0. The van der Waals surface area contributed by atoms with Crippen LogP contribution in [0.25, 0.3) is 0 Å². The minimum Gasteiger partial charge on any atom is -0.468 e. The van der Waals surface area contributed by atoms with Gasteiger partial charge in [0, 0.05) is 23.0 Å². The van der Waals surface area contributed by atoms with Gasteiger partial charge in [0.05, 0.1) is 12.0 Å². The Hall–Kier alpha value is -1.17. The van der Waals surface area contributed by atoms with E-state index in [9.17, 15) is 0 Å². The summed E-state index contributed by atoms with van der Waals surface area (Å²) in [6.07, 6.45) is 1.70. The van der Waals surface area contributed by atoms with Crippen molar-refractivity contribution >= 4 is 46.4 Å². The molecule has 0 bridgehead atoms. The van der Waals surface area contributed by atoms with Crippen LogP contribution in [0, 0.1) is 6.92 Å². The molecule has 0 atom stereocenters. The second kappa shape index (κ2) is 8.32. The highest BCUT2D eigenvalue weighted by atomic mass is 35.5. The maximum absolute atomic E-state index is 5.93. The third-order valence-corrected chi connectivity index (χ3v) is 4.26. The van der Waals surface area contributed by atoms with E-state index in [0.717, 1.165) is 40.1 Å². The number of aryl methyl sites for hydroxylation is 1. The number of thiocarbonyl (C=S) groups is 1. The second-order valence-electron chi connectivity index (χ2n) is 4.47. The summed E-state index contributed by atoms with van der Waals surface area (Å²) in [6.45, 7) is 2.81. The monoisotopic (exact) mass is 340 g/mol. The Labute approximate surface area is 139 Å². The van der Waals surface area contributed by atoms with Crippen molar-refractivity contribution < 1.29 is 4.42 Å². The molecule has 0 spiro atoms. The number of thioether (sulfide) groups is 1. The van der Waals surface area contributed by atoms with E-state index in [2.05, 4.69) is 10.6 Å². The fraction of sp³-hybridized carbons (Fsp3) is 0.267. The van der Waals surface area contributed by atoms with Gasteiger partial charge in [-0.2, -0.15) is 11.8 Å². The molecule has 0 aliphatic carbocycles. The van der Waals surface area contributed by atoms with E-state index >= 15 is 0 Å². The average molecular weight is 341 g/mol. The number of halogens is 1. The third-order valence-electron chi connectivity index (χ3n) is 2.79. The maximum Gasteiger partial charge on any atom is 0.170 e. The Morgan fingerprint density at radius 2 is 2.24 bits per heavy atom. The van der Waals surface area contributed by atoms with Crippen LogP contribution in [0.1, 0.15) is 11.3 Å². The Balaban J connectivity index is 1.65. The molecule has 112 valence electrons. The van der Waals surface area contributed by atoms with Crippen LogP contribution >= 0.6 is 35.6 Å². The van der Waals surface area contributed by atoms with Gasteiger partial charge >= 0.3 is 0 Å². The maximum atomic E-state index is 5.93. The summed E-state index contributed by atoms with van der Waals surface area (Å²) in [7, 11) is 0. The Morgan fingerprint density at radius 3 is 2.95 bits per heavy atom. The molecule has 6 heteroatoms. The molecular weight excluding hydrogens is 324 g/mol. The van der Waals surface area contributed by atoms with Crippen molar-refractivity contribution in [2.24, 2.45) is 0 Å². The molecule has 0 saturated heterocycles. The zero-order valence-electron chi connectivity index (χ0n) is 11.7. The van der Waals surface area contributed by atoms with Gasteiger partial charge in [0.2, 0.25) is 0 Å². The molecule has 1 heterocycles. The number of anilines is 1. The smallest absolute Gasteiger partial charge is 0.170 e. The average Bonchev–Trinajstić information content (AvgIpc) is 2.95. The third kappa shape index (κ3) is 5.61. The largest absolute Gasteiger partial charge is 0.468 e. The van der Waals surface area contributed by atoms with Crippen molar-refractivity contribution in [3.63, 3.8) is 0 Å². The highest BCUT2D eigenvalue weighted by Gasteiger charge is 2.02. The van der Waals surface area contributed by atoms with Gasteiger partial charge < -0.3 is 15.1 Å². The lowest BCUT2D eigenvalue weighted by Gasteiger charge is -2.12. The van der Waals surface area contributed by atoms with Gasteiger partial charge in [-0.3, -0.25) is 0 Å². The zero-order valence-corrected chi connectivity index (χ0v) is 14.1. The predicted molar refractivity (Wildman–Crippen MR) is 95.3 cm³/mol. The minimum absolute atomic E-state index is 0.624. The summed E-state index contributed by atoms with van der Waals surface area (Å²) in [5, 5.41) is 7.72. The van der Waals surface area contributed by atoms with Crippen LogP contribution in [0.3, 0.4) is 0 Å². The van der Waals surface area contributed by atoms with Crippen LogP contribution in [-0.4, -0.2) is 17.4 Å². The fourth-order valence-corrected chi connectivity index (χ4v) is 2.93. The highest BCUT2D eigenvalue weighted by Crippen LogP contribution is 2.19. The summed E-state index contributed by atoms with van der Waals surface area (Å²) in [5.74, 6) is 2.84. The zero-order chi connectivity index (χ0) is 15.1. The van der Waals surface area contributed by atoms with Crippen LogP contribution in [0.5, 0.6) is 0 Å². The molecule has 2 N–H and O–H groups in total. The van der Waals surface area contributed by atoms with Crippen molar-refractivity contribution in [1.29, 1.82) is 0 Å². The second-order valence-corrected chi connectivity index (χ2v) is 6.42. The molecule has 0 aliphatic heterocycles. The Bertz CT molecular complexity index is 587. The van der Waals surface area contributed by atoms with Gasteiger partial charge in [-0.25, -0.2) is 0 Å². The number of rotatable bonds is 6. The van der Waals surface area contributed by atoms with E-state index in [-0.39, 0.29) is 0 Å². The number of benzene rings is 1. The number of furan rings is 1. The first-order valence-corrected chi connectivity index (χ1v) is 8.50. The SMILES string of the molecule is Cc1cc(Cl)ccc1NC(=S)NCCSCc1ccco1. The molecule has 2 rings (SSSR count). The van der Waals surface area contributed by atoms with Crippen molar-refractivity contribution in [3.05, 3.63) is 52.9 Å². The molecule has 0 saturated carbocycles. The molecule has 0 amide bonds. The van der Waals surface area contributed by atoms with Gasteiger partial charge in [0.15, 0.2) is 5.11 Å². The molecule has 0 fully saturated rings. The standard InChI is InChI=1S/C15H17ClN2OS2/c1-11-9-12(16)4-5-14(11)18-15(20)17-6-8-21-10-13-3-2-7-19-13/h2-5,7,9H,6,8,10H2,1H3,(H2,17,18,20). The lowest BCUT2D eigenvalue weighted by molar-refractivity contribution is 0.530. The van der Waals surface area contributed by atoms with Crippen molar-refractivity contribution in [3.8, 4) is 0 Å². The van der Waals surface area contributed by atoms with E-state index < -0.39 is 0 Å².